The normalized spacial score (nSPS) is 21.2. The van der Waals surface area contributed by atoms with Gasteiger partial charge in [0.05, 0.1) is 6.10 Å². The Bertz CT molecular complexity index is 322. The molecule has 0 spiro atoms. The van der Waals surface area contributed by atoms with E-state index in [1.807, 2.05) is 24.3 Å². The second-order valence-electron chi connectivity index (χ2n) is 3.69. The minimum absolute atomic E-state index is 0.360. The van der Waals surface area contributed by atoms with Gasteiger partial charge in [-0.05, 0) is 30.5 Å². The van der Waals surface area contributed by atoms with Gasteiger partial charge in [-0.1, -0.05) is 28.1 Å². The van der Waals surface area contributed by atoms with Crippen LogP contribution in [0.3, 0.4) is 0 Å². The molecule has 1 atom stereocenters. The Morgan fingerprint density at radius 1 is 1.46 bits per heavy atom. The number of rotatable bonds is 2. The minimum Gasteiger partial charge on any atom is -0.386 e. The van der Waals surface area contributed by atoms with E-state index in [1.54, 1.807) is 0 Å². The minimum atomic E-state index is -0.523. The predicted molar refractivity (Wildman–Crippen MR) is 55.3 cm³/mol. The van der Waals surface area contributed by atoms with Gasteiger partial charge < -0.3 is 10.8 Å². The van der Waals surface area contributed by atoms with Crippen LogP contribution < -0.4 is 5.73 Å². The van der Waals surface area contributed by atoms with Crippen molar-refractivity contribution in [3.63, 3.8) is 0 Å². The molecule has 0 radical (unpaired) electrons. The quantitative estimate of drug-likeness (QED) is 0.832. The Kier molecular flexibility index (Phi) is 2.18. The Morgan fingerprint density at radius 3 is 2.69 bits per heavy atom. The van der Waals surface area contributed by atoms with Crippen LogP contribution in [0.2, 0.25) is 0 Å². The molecule has 70 valence electrons. The zero-order valence-corrected chi connectivity index (χ0v) is 8.79. The van der Waals surface area contributed by atoms with Gasteiger partial charge in [-0.3, -0.25) is 0 Å². The molecule has 1 aliphatic rings. The summed E-state index contributed by atoms with van der Waals surface area (Å²) in [4.78, 5) is 0. The van der Waals surface area contributed by atoms with Crippen LogP contribution in [-0.2, 0) is 0 Å². The summed E-state index contributed by atoms with van der Waals surface area (Å²) in [6.45, 7) is 0. The molecule has 1 fully saturated rings. The molecule has 13 heavy (non-hydrogen) atoms. The van der Waals surface area contributed by atoms with E-state index in [-0.39, 0.29) is 5.54 Å². The number of halogens is 1. The van der Waals surface area contributed by atoms with Crippen LogP contribution in [0.1, 0.15) is 24.5 Å². The van der Waals surface area contributed by atoms with Gasteiger partial charge in [0.1, 0.15) is 0 Å². The third-order valence-corrected chi connectivity index (χ3v) is 3.03. The second-order valence-corrected chi connectivity index (χ2v) is 4.61. The van der Waals surface area contributed by atoms with Crippen molar-refractivity contribution in [1.82, 2.24) is 0 Å². The first-order chi connectivity index (χ1) is 6.12. The highest BCUT2D eigenvalue weighted by Gasteiger charge is 2.45. The highest BCUT2D eigenvalue weighted by molar-refractivity contribution is 9.10. The van der Waals surface area contributed by atoms with Crippen LogP contribution in [0.15, 0.2) is 28.7 Å². The first-order valence-electron chi connectivity index (χ1n) is 4.34. The van der Waals surface area contributed by atoms with Crippen molar-refractivity contribution < 1.29 is 5.11 Å². The number of benzene rings is 1. The molecule has 3 N–H and O–H groups in total. The second kappa shape index (κ2) is 3.08. The summed E-state index contributed by atoms with van der Waals surface area (Å²) in [5.74, 6) is 0. The van der Waals surface area contributed by atoms with Gasteiger partial charge in [-0.25, -0.2) is 0 Å². The molecule has 0 aliphatic heterocycles. The molecule has 0 bridgehead atoms. The molecule has 0 amide bonds. The fraction of sp³-hybridized carbons (Fsp3) is 0.400. The Morgan fingerprint density at radius 2 is 2.15 bits per heavy atom. The molecule has 0 heterocycles. The van der Waals surface area contributed by atoms with Gasteiger partial charge in [-0.15, -0.1) is 0 Å². The Balaban J connectivity index is 2.25. The van der Waals surface area contributed by atoms with Crippen molar-refractivity contribution in [1.29, 1.82) is 0 Å². The van der Waals surface area contributed by atoms with E-state index >= 15 is 0 Å². The number of nitrogens with two attached hydrogens (primary N) is 1. The maximum atomic E-state index is 9.90. The monoisotopic (exact) mass is 241 g/mol. The van der Waals surface area contributed by atoms with Gasteiger partial charge in [0, 0.05) is 10.0 Å². The molecule has 1 aliphatic carbocycles. The first-order valence-corrected chi connectivity index (χ1v) is 5.13. The van der Waals surface area contributed by atoms with Crippen molar-refractivity contribution in [2.45, 2.75) is 24.5 Å². The zero-order chi connectivity index (χ0) is 9.47. The number of aliphatic hydroxyl groups is 1. The highest BCUT2D eigenvalue weighted by atomic mass is 79.9. The molecule has 1 unspecified atom stereocenters. The van der Waals surface area contributed by atoms with Gasteiger partial charge in [0.15, 0.2) is 0 Å². The van der Waals surface area contributed by atoms with E-state index in [4.69, 9.17) is 5.73 Å². The van der Waals surface area contributed by atoms with Crippen molar-refractivity contribution in [2.24, 2.45) is 5.73 Å². The number of aliphatic hydroxyl groups excluding tert-OH is 1. The lowest BCUT2D eigenvalue weighted by Crippen LogP contribution is -2.30. The summed E-state index contributed by atoms with van der Waals surface area (Å²) in [6, 6.07) is 7.67. The third kappa shape index (κ3) is 1.77. The Labute approximate surface area is 85.9 Å². The van der Waals surface area contributed by atoms with E-state index in [1.165, 1.54) is 0 Å². The van der Waals surface area contributed by atoms with E-state index in [9.17, 15) is 5.11 Å². The largest absolute Gasteiger partial charge is 0.386 e. The van der Waals surface area contributed by atoms with Gasteiger partial charge in [0.25, 0.3) is 0 Å². The summed E-state index contributed by atoms with van der Waals surface area (Å²) in [6.07, 6.45) is 1.31. The molecule has 0 aromatic heterocycles. The Hall–Kier alpha value is -0.380. The number of hydrogen-bond acceptors (Lipinski definition) is 2. The van der Waals surface area contributed by atoms with Crippen LogP contribution in [0, 0.1) is 0 Å². The lowest BCUT2D eigenvalue weighted by atomic mass is 10.0. The fourth-order valence-electron chi connectivity index (χ4n) is 1.43. The summed E-state index contributed by atoms with van der Waals surface area (Å²) < 4.78 is 0.980. The lowest BCUT2D eigenvalue weighted by molar-refractivity contribution is 0.136. The van der Waals surface area contributed by atoms with E-state index in [0.29, 0.717) is 0 Å². The topological polar surface area (TPSA) is 46.2 Å². The smallest absolute Gasteiger partial charge is 0.0969 e. The molecular weight excluding hydrogens is 230 g/mol. The standard InChI is InChI=1S/C10H12BrNO/c11-8-3-1-2-7(6-8)9(13)10(12)4-5-10/h1-3,6,9,13H,4-5,12H2. The molecule has 3 heteroatoms. The molecule has 1 saturated carbocycles. The van der Waals surface area contributed by atoms with Crippen LogP contribution in [0.5, 0.6) is 0 Å². The van der Waals surface area contributed by atoms with E-state index in [2.05, 4.69) is 15.9 Å². The third-order valence-electron chi connectivity index (χ3n) is 2.54. The van der Waals surface area contributed by atoms with Crippen LogP contribution in [0.4, 0.5) is 0 Å². The first kappa shape index (κ1) is 9.19. The van der Waals surface area contributed by atoms with E-state index < -0.39 is 6.10 Å². The van der Waals surface area contributed by atoms with Gasteiger partial charge in [-0.2, -0.15) is 0 Å². The summed E-state index contributed by atoms with van der Waals surface area (Å²) in [5, 5.41) is 9.90. The lowest BCUT2D eigenvalue weighted by Gasteiger charge is -2.17. The molecule has 2 rings (SSSR count). The SMILES string of the molecule is NC1(C(O)c2cccc(Br)c2)CC1. The zero-order valence-electron chi connectivity index (χ0n) is 7.20. The summed E-state index contributed by atoms with van der Waals surface area (Å²) >= 11 is 3.37. The average Bonchev–Trinajstić information content (AvgIpc) is 2.84. The maximum absolute atomic E-state index is 9.90. The molecule has 1 aromatic rings. The van der Waals surface area contributed by atoms with Crippen LogP contribution in [-0.4, -0.2) is 10.6 Å². The van der Waals surface area contributed by atoms with Crippen molar-refractivity contribution in [3.8, 4) is 0 Å². The van der Waals surface area contributed by atoms with Crippen molar-refractivity contribution in [2.75, 3.05) is 0 Å². The van der Waals surface area contributed by atoms with Gasteiger partial charge in [0.2, 0.25) is 0 Å². The number of hydrogen-bond donors (Lipinski definition) is 2. The fourth-order valence-corrected chi connectivity index (χ4v) is 1.84. The van der Waals surface area contributed by atoms with Gasteiger partial charge >= 0.3 is 0 Å². The van der Waals surface area contributed by atoms with E-state index in [0.717, 1.165) is 22.9 Å². The van der Waals surface area contributed by atoms with Crippen molar-refractivity contribution >= 4 is 15.9 Å². The molecule has 0 saturated heterocycles. The average molecular weight is 242 g/mol. The molecule has 2 nitrogen and oxygen atoms in total. The highest BCUT2D eigenvalue weighted by Crippen LogP contribution is 2.43. The maximum Gasteiger partial charge on any atom is 0.0969 e. The summed E-state index contributed by atoms with van der Waals surface area (Å²) in [7, 11) is 0. The molecular formula is C10H12BrNO. The van der Waals surface area contributed by atoms with Crippen LogP contribution in [0.25, 0.3) is 0 Å². The summed E-state index contributed by atoms with van der Waals surface area (Å²) in [5.41, 5.74) is 6.44. The predicted octanol–water partition coefficient (Wildman–Crippen LogP) is 1.97. The van der Waals surface area contributed by atoms with Crippen molar-refractivity contribution in [3.05, 3.63) is 34.3 Å². The van der Waals surface area contributed by atoms with Crippen LogP contribution >= 0.6 is 15.9 Å². The molecule has 1 aromatic carbocycles.